The smallest absolute Gasteiger partial charge is 0.234 e. The molecule has 0 bridgehead atoms. The van der Waals surface area contributed by atoms with Crippen molar-refractivity contribution in [2.24, 2.45) is 0 Å². The third-order valence-corrected chi connectivity index (χ3v) is 5.61. The second-order valence-corrected chi connectivity index (χ2v) is 8.62. The Hall–Kier alpha value is -3.10. The molecule has 1 aromatic heterocycles. The summed E-state index contributed by atoms with van der Waals surface area (Å²) < 4.78 is 1.78. The molecule has 0 saturated heterocycles. The Morgan fingerprint density at radius 2 is 1.69 bits per heavy atom. The summed E-state index contributed by atoms with van der Waals surface area (Å²) in [6.45, 7) is 8.16. The van der Waals surface area contributed by atoms with Crippen LogP contribution in [0, 0.1) is 13.8 Å². The number of hydrogen-bond donors (Lipinski definition) is 2. The topological polar surface area (TPSA) is 88.9 Å². The first-order valence-corrected chi connectivity index (χ1v) is 11.3. The molecule has 166 valence electrons. The third kappa shape index (κ3) is 6.70. The van der Waals surface area contributed by atoms with Crippen LogP contribution in [0.1, 0.15) is 17.0 Å². The van der Waals surface area contributed by atoms with Gasteiger partial charge in [-0.15, -0.1) is 16.8 Å². The van der Waals surface area contributed by atoms with E-state index in [0.717, 1.165) is 16.8 Å². The van der Waals surface area contributed by atoms with E-state index in [9.17, 15) is 9.59 Å². The summed E-state index contributed by atoms with van der Waals surface area (Å²) in [7, 11) is 0. The van der Waals surface area contributed by atoms with E-state index in [1.807, 2.05) is 32.0 Å². The lowest BCUT2D eigenvalue weighted by atomic mass is 10.1. The number of rotatable bonds is 9. The minimum absolute atomic E-state index is 0.0405. The number of carbonyl (C=O) groups is 2. The number of allylic oxidation sites excluding steroid dienone is 1. The Bertz CT molecular complexity index is 1110. The number of aromatic nitrogens is 3. The predicted octanol–water partition coefficient (Wildman–Crippen LogP) is 4.65. The third-order valence-electron chi connectivity index (χ3n) is 4.39. The predicted molar refractivity (Wildman–Crippen MR) is 129 cm³/mol. The number of benzene rings is 2. The first-order chi connectivity index (χ1) is 15.3. The van der Waals surface area contributed by atoms with Crippen molar-refractivity contribution in [2.75, 3.05) is 16.4 Å². The molecule has 0 radical (unpaired) electrons. The molecule has 3 aromatic rings. The molecule has 0 unspecified atom stereocenters. The zero-order valence-electron chi connectivity index (χ0n) is 17.9. The van der Waals surface area contributed by atoms with Gasteiger partial charge in [-0.05, 0) is 61.4 Å². The molecule has 7 nitrogen and oxygen atoms in total. The van der Waals surface area contributed by atoms with Crippen LogP contribution in [-0.4, -0.2) is 32.3 Å². The van der Waals surface area contributed by atoms with E-state index in [1.54, 1.807) is 34.9 Å². The Morgan fingerprint density at radius 3 is 2.34 bits per heavy atom. The molecule has 0 aliphatic rings. The molecule has 1 heterocycles. The SMILES string of the molecule is C=CCn1c(CC(=O)Nc2ccc(Cl)cc2)nnc1SCC(=O)Nc1cc(C)cc(C)c1. The molecule has 2 aromatic carbocycles. The largest absolute Gasteiger partial charge is 0.326 e. The highest BCUT2D eigenvalue weighted by Crippen LogP contribution is 2.20. The summed E-state index contributed by atoms with van der Waals surface area (Å²) >= 11 is 7.13. The van der Waals surface area contributed by atoms with Crippen molar-refractivity contribution in [2.45, 2.75) is 32.0 Å². The van der Waals surface area contributed by atoms with Crippen LogP contribution in [0.25, 0.3) is 0 Å². The molecule has 32 heavy (non-hydrogen) atoms. The van der Waals surface area contributed by atoms with Crippen LogP contribution in [0.4, 0.5) is 11.4 Å². The fourth-order valence-electron chi connectivity index (χ4n) is 3.13. The number of carbonyl (C=O) groups excluding carboxylic acids is 2. The van der Waals surface area contributed by atoms with E-state index in [0.29, 0.717) is 28.2 Å². The van der Waals surface area contributed by atoms with Crippen molar-refractivity contribution in [1.29, 1.82) is 0 Å². The van der Waals surface area contributed by atoms with Crippen molar-refractivity contribution >= 4 is 46.6 Å². The van der Waals surface area contributed by atoms with Crippen LogP contribution in [0.3, 0.4) is 0 Å². The van der Waals surface area contributed by atoms with Crippen molar-refractivity contribution in [3.63, 3.8) is 0 Å². The lowest BCUT2D eigenvalue weighted by molar-refractivity contribution is -0.116. The van der Waals surface area contributed by atoms with Gasteiger partial charge in [-0.25, -0.2) is 0 Å². The summed E-state index contributed by atoms with van der Waals surface area (Å²) in [6, 6.07) is 12.8. The summed E-state index contributed by atoms with van der Waals surface area (Å²) in [5.41, 5.74) is 3.58. The number of nitrogens with one attached hydrogen (secondary N) is 2. The van der Waals surface area contributed by atoms with Crippen LogP contribution >= 0.6 is 23.4 Å². The highest BCUT2D eigenvalue weighted by Gasteiger charge is 2.16. The normalized spacial score (nSPS) is 10.6. The molecule has 0 fully saturated rings. The van der Waals surface area contributed by atoms with Gasteiger partial charge in [0.2, 0.25) is 11.8 Å². The van der Waals surface area contributed by atoms with Gasteiger partial charge in [0, 0.05) is 22.9 Å². The zero-order chi connectivity index (χ0) is 23.1. The minimum Gasteiger partial charge on any atom is -0.326 e. The van der Waals surface area contributed by atoms with Crippen molar-refractivity contribution < 1.29 is 9.59 Å². The number of aryl methyl sites for hydroxylation is 2. The lowest BCUT2D eigenvalue weighted by Crippen LogP contribution is -2.18. The molecule has 0 saturated carbocycles. The average Bonchev–Trinajstić information content (AvgIpc) is 3.09. The fraction of sp³-hybridized carbons (Fsp3) is 0.217. The summed E-state index contributed by atoms with van der Waals surface area (Å²) in [5, 5.41) is 15.2. The van der Waals surface area contributed by atoms with Gasteiger partial charge in [0.1, 0.15) is 5.82 Å². The minimum atomic E-state index is -0.228. The van der Waals surface area contributed by atoms with E-state index in [-0.39, 0.29) is 24.0 Å². The van der Waals surface area contributed by atoms with E-state index in [2.05, 4.69) is 27.4 Å². The first kappa shape index (κ1) is 23.6. The van der Waals surface area contributed by atoms with Crippen LogP contribution in [0.2, 0.25) is 5.02 Å². The maximum atomic E-state index is 12.4. The Kier molecular flexibility index (Phi) is 8.08. The van der Waals surface area contributed by atoms with Gasteiger partial charge in [0.25, 0.3) is 0 Å². The van der Waals surface area contributed by atoms with Gasteiger partial charge >= 0.3 is 0 Å². The standard InChI is InChI=1S/C23H24ClN5O2S/c1-4-9-29-20(13-21(30)25-18-7-5-17(24)6-8-18)27-28-23(29)32-14-22(31)26-19-11-15(2)10-16(3)12-19/h4-8,10-12H,1,9,13-14H2,2-3H3,(H,25,30)(H,26,31). The van der Waals surface area contributed by atoms with Gasteiger partial charge in [0.05, 0.1) is 12.2 Å². The van der Waals surface area contributed by atoms with Crippen molar-refractivity contribution in [1.82, 2.24) is 14.8 Å². The highest BCUT2D eigenvalue weighted by atomic mass is 35.5. The van der Waals surface area contributed by atoms with E-state index in [1.165, 1.54) is 11.8 Å². The molecule has 0 spiro atoms. The molecule has 3 rings (SSSR count). The van der Waals surface area contributed by atoms with Crippen LogP contribution < -0.4 is 10.6 Å². The van der Waals surface area contributed by atoms with Crippen molar-refractivity contribution in [3.05, 3.63) is 77.1 Å². The molecule has 0 atom stereocenters. The van der Waals surface area contributed by atoms with Crippen LogP contribution in [0.5, 0.6) is 0 Å². The van der Waals surface area contributed by atoms with Gasteiger partial charge in [-0.3, -0.25) is 9.59 Å². The maximum absolute atomic E-state index is 12.4. The summed E-state index contributed by atoms with van der Waals surface area (Å²) in [5.74, 6) is 0.289. The Morgan fingerprint density at radius 1 is 1.03 bits per heavy atom. The number of nitrogens with zero attached hydrogens (tertiary/aromatic N) is 3. The van der Waals surface area contributed by atoms with Gasteiger partial charge in [-0.1, -0.05) is 35.5 Å². The zero-order valence-corrected chi connectivity index (χ0v) is 19.5. The van der Waals surface area contributed by atoms with Gasteiger partial charge < -0.3 is 15.2 Å². The quantitative estimate of drug-likeness (QED) is 0.352. The van der Waals surface area contributed by atoms with Gasteiger partial charge in [-0.2, -0.15) is 0 Å². The van der Waals surface area contributed by atoms with E-state index < -0.39 is 0 Å². The number of anilines is 2. The fourth-order valence-corrected chi connectivity index (χ4v) is 4.02. The molecule has 0 aliphatic heterocycles. The number of thioether (sulfide) groups is 1. The van der Waals surface area contributed by atoms with Crippen molar-refractivity contribution in [3.8, 4) is 0 Å². The molecule has 9 heteroatoms. The van der Waals surface area contributed by atoms with E-state index >= 15 is 0 Å². The Labute approximate surface area is 196 Å². The number of amides is 2. The molecule has 2 amide bonds. The second-order valence-electron chi connectivity index (χ2n) is 7.24. The summed E-state index contributed by atoms with van der Waals surface area (Å²) in [4.78, 5) is 24.8. The average molecular weight is 470 g/mol. The number of halogens is 1. The first-order valence-electron chi connectivity index (χ1n) is 9.93. The highest BCUT2D eigenvalue weighted by molar-refractivity contribution is 7.99. The molecule has 2 N–H and O–H groups in total. The lowest BCUT2D eigenvalue weighted by Gasteiger charge is -2.09. The van der Waals surface area contributed by atoms with Gasteiger partial charge in [0.15, 0.2) is 5.16 Å². The monoisotopic (exact) mass is 469 g/mol. The molecule has 0 aliphatic carbocycles. The van der Waals surface area contributed by atoms with E-state index in [4.69, 9.17) is 11.6 Å². The Balaban J connectivity index is 1.62. The summed E-state index contributed by atoms with van der Waals surface area (Å²) in [6.07, 6.45) is 1.74. The maximum Gasteiger partial charge on any atom is 0.234 e. The van der Waals surface area contributed by atoms with Crippen LogP contribution in [-0.2, 0) is 22.6 Å². The number of hydrogen-bond acceptors (Lipinski definition) is 5. The second kappa shape index (κ2) is 11.0. The molecular formula is C23H24ClN5O2S. The molecular weight excluding hydrogens is 446 g/mol. The van der Waals surface area contributed by atoms with Crippen LogP contribution in [0.15, 0.2) is 60.3 Å².